The molecule has 1 N–H and O–H groups in total. The first-order valence-corrected chi connectivity index (χ1v) is 9.56. The minimum absolute atomic E-state index is 0.353. The second kappa shape index (κ2) is 7.66. The molecule has 1 aliphatic rings. The highest BCUT2D eigenvalue weighted by atomic mass is 35.5. The van der Waals surface area contributed by atoms with Gasteiger partial charge in [-0.05, 0) is 31.5 Å². The Morgan fingerprint density at radius 2 is 1.89 bits per heavy atom. The lowest BCUT2D eigenvalue weighted by atomic mass is 10.1. The van der Waals surface area contributed by atoms with Crippen molar-refractivity contribution in [1.82, 2.24) is 25.1 Å². The van der Waals surface area contributed by atoms with Gasteiger partial charge in [0.25, 0.3) is 0 Å². The summed E-state index contributed by atoms with van der Waals surface area (Å²) in [5, 5.41) is 7.74. The van der Waals surface area contributed by atoms with Crippen molar-refractivity contribution in [2.45, 2.75) is 19.9 Å². The molecule has 2 aromatic heterocycles. The molecule has 0 spiro atoms. The van der Waals surface area contributed by atoms with Crippen LogP contribution in [0.3, 0.4) is 0 Å². The average molecular weight is 383 g/mol. The zero-order valence-electron chi connectivity index (χ0n) is 15.6. The van der Waals surface area contributed by atoms with E-state index in [2.05, 4.69) is 43.0 Å². The van der Waals surface area contributed by atoms with Gasteiger partial charge < -0.3 is 4.90 Å². The molecule has 1 saturated heterocycles. The quantitative estimate of drug-likeness (QED) is 0.745. The monoisotopic (exact) mass is 382 g/mol. The minimum atomic E-state index is 0.353. The number of piperazine rings is 1. The second-order valence-corrected chi connectivity index (χ2v) is 7.33. The molecule has 0 saturated carbocycles. The summed E-state index contributed by atoms with van der Waals surface area (Å²) in [4.78, 5) is 14.1. The molecule has 4 rings (SSSR count). The lowest BCUT2D eigenvalue weighted by Crippen LogP contribution is -2.47. The number of hydrogen-bond donors (Lipinski definition) is 1. The van der Waals surface area contributed by atoms with Crippen molar-refractivity contribution in [2.24, 2.45) is 0 Å². The van der Waals surface area contributed by atoms with Gasteiger partial charge in [-0.25, -0.2) is 4.98 Å². The Labute approximate surface area is 164 Å². The predicted octanol–water partition coefficient (Wildman–Crippen LogP) is 3.71. The normalized spacial score (nSPS) is 16.5. The largest absolute Gasteiger partial charge is 0.352 e. The third-order valence-corrected chi connectivity index (χ3v) is 5.70. The smallest absolute Gasteiger partial charge is 0.155 e. The SMILES string of the molecule is Cc1cc(-c2nccnc2N2CCN(C(C)c3cn[nH]c3)CC2)ccc1Cl. The van der Waals surface area contributed by atoms with Crippen molar-refractivity contribution in [2.75, 3.05) is 31.1 Å². The van der Waals surface area contributed by atoms with Crippen LogP contribution in [0.25, 0.3) is 11.3 Å². The van der Waals surface area contributed by atoms with E-state index >= 15 is 0 Å². The van der Waals surface area contributed by atoms with Gasteiger partial charge in [-0.15, -0.1) is 0 Å². The lowest BCUT2D eigenvalue weighted by molar-refractivity contribution is 0.198. The van der Waals surface area contributed by atoms with Crippen LogP contribution in [0.1, 0.15) is 24.1 Å². The molecule has 0 aliphatic carbocycles. The highest BCUT2D eigenvalue weighted by Gasteiger charge is 2.25. The molecule has 3 aromatic rings. The average Bonchev–Trinajstić information content (AvgIpc) is 3.24. The van der Waals surface area contributed by atoms with Crippen LogP contribution in [0.15, 0.2) is 43.0 Å². The topological polar surface area (TPSA) is 60.9 Å². The van der Waals surface area contributed by atoms with E-state index in [0.29, 0.717) is 6.04 Å². The predicted molar refractivity (Wildman–Crippen MR) is 108 cm³/mol. The van der Waals surface area contributed by atoms with E-state index < -0.39 is 0 Å². The molecule has 7 heteroatoms. The van der Waals surface area contributed by atoms with Crippen LogP contribution < -0.4 is 4.90 Å². The summed E-state index contributed by atoms with van der Waals surface area (Å²) < 4.78 is 0. The molecule has 1 atom stereocenters. The van der Waals surface area contributed by atoms with E-state index in [1.54, 1.807) is 12.4 Å². The number of aromatic nitrogens is 4. The summed E-state index contributed by atoms with van der Waals surface area (Å²) in [6, 6.07) is 6.37. The van der Waals surface area contributed by atoms with Crippen molar-refractivity contribution in [3.63, 3.8) is 0 Å². The van der Waals surface area contributed by atoms with E-state index in [0.717, 1.165) is 53.8 Å². The maximum Gasteiger partial charge on any atom is 0.155 e. The molecule has 0 radical (unpaired) electrons. The molecule has 1 fully saturated rings. The number of nitrogens with one attached hydrogen (secondary N) is 1. The standard InChI is InChI=1S/C20H23ClN6/c1-14-11-16(3-4-18(14)21)19-20(23-6-5-22-19)27-9-7-26(8-10-27)15(2)17-12-24-25-13-17/h3-6,11-13,15H,7-10H2,1-2H3,(H,24,25). The fraction of sp³-hybridized carbons (Fsp3) is 0.350. The van der Waals surface area contributed by atoms with Gasteiger partial charge in [-0.1, -0.05) is 17.7 Å². The number of anilines is 1. The molecule has 6 nitrogen and oxygen atoms in total. The summed E-state index contributed by atoms with van der Waals surface area (Å²) in [5.41, 5.74) is 4.23. The van der Waals surface area contributed by atoms with Crippen molar-refractivity contribution >= 4 is 17.4 Å². The maximum absolute atomic E-state index is 6.19. The van der Waals surface area contributed by atoms with Crippen molar-refractivity contribution in [3.05, 3.63) is 59.1 Å². The third-order valence-electron chi connectivity index (χ3n) is 5.27. The summed E-state index contributed by atoms with van der Waals surface area (Å²) in [5.74, 6) is 0.940. The summed E-state index contributed by atoms with van der Waals surface area (Å²) >= 11 is 6.19. The Bertz CT molecular complexity index is 903. The number of halogens is 1. The highest BCUT2D eigenvalue weighted by Crippen LogP contribution is 2.30. The maximum atomic E-state index is 6.19. The Morgan fingerprint density at radius 3 is 2.59 bits per heavy atom. The molecular weight excluding hydrogens is 360 g/mol. The van der Waals surface area contributed by atoms with Crippen LogP contribution in [0.5, 0.6) is 0 Å². The number of hydrogen-bond acceptors (Lipinski definition) is 5. The summed E-state index contributed by atoms with van der Waals surface area (Å²) in [6.45, 7) is 8.02. The molecule has 0 amide bonds. The first-order chi connectivity index (χ1) is 13.1. The van der Waals surface area contributed by atoms with Gasteiger partial charge in [-0.2, -0.15) is 5.10 Å². The van der Waals surface area contributed by atoms with E-state index in [1.807, 2.05) is 31.5 Å². The first-order valence-electron chi connectivity index (χ1n) is 9.18. The number of aryl methyl sites for hydroxylation is 1. The molecule has 1 aliphatic heterocycles. The fourth-order valence-corrected chi connectivity index (χ4v) is 3.70. The molecule has 3 heterocycles. The van der Waals surface area contributed by atoms with Crippen LogP contribution in [-0.4, -0.2) is 51.2 Å². The zero-order chi connectivity index (χ0) is 18.8. The summed E-state index contributed by atoms with van der Waals surface area (Å²) in [7, 11) is 0. The van der Waals surface area contributed by atoms with E-state index in [4.69, 9.17) is 11.6 Å². The number of benzene rings is 1. The molecule has 140 valence electrons. The molecule has 1 unspecified atom stereocenters. The van der Waals surface area contributed by atoms with Crippen molar-refractivity contribution in [1.29, 1.82) is 0 Å². The third kappa shape index (κ3) is 3.68. The van der Waals surface area contributed by atoms with Gasteiger partial charge in [0.1, 0.15) is 5.69 Å². The van der Waals surface area contributed by atoms with Gasteiger partial charge in [0.15, 0.2) is 5.82 Å². The molecule has 27 heavy (non-hydrogen) atoms. The Balaban J connectivity index is 1.53. The fourth-order valence-electron chi connectivity index (χ4n) is 3.58. The van der Waals surface area contributed by atoms with E-state index in [9.17, 15) is 0 Å². The number of rotatable bonds is 4. The van der Waals surface area contributed by atoms with Crippen LogP contribution in [-0.2, 0) is 0 Å². The number of H-pyrrole nitrogens is 1. The van der Waals surface area contributed by atoms with Gasteiger partial charge >= 0.3 is 0 Å². The number of nitrogens with zero attached hydrogens (tertiary/aromatic N) is 5. The number of aromatic amines is 1. The molecular formula is C20H23ClN6. The van der Waals surface area contributed by atoms with Gasteiger partial charge in [0.2, 0.25) is 0 Å². The molecule has 0 bridgehead atoms. The minimum Gasteiger partial charge on any atom is -0.352 e. The van der Waals surface area contributed by atoms with Crippen LogP contribution >= 0.6 is 11.6 Å². The summed E-state index contributed by atoms with van der Waals surface area (Å²) in [6.07, 6.45) is 7.39. The van der Waals surface area contributed by atoms with E-state index in [1.165, 1.54) is 5.56 Å². The van der Waals surface area contributed by atoms with Crippen LogP contribution in [0, 0.1) is 6.92 Å². The van der Waals surface area contributed by atoms with Crippen LogP contribution in [0.4, 0.5) is 5.82 Å². The van der Waals surface area contributed by atoms with Gasteiger partial charge in [0, 0.05) is 67.0 Å². The van der Waals surface area contributed by atoms with Crippen LogP contribution in [0.2, 0.25) is 5.02 Å². The Morgan fingerprint density at radius 1 is 1.11 bits per heavy atom. The van der Waals surface area contributed by atoms with E-state index in [-0.39, 0.29) is 0 Å². The first kappa shape index (κ1) is 17.9. The highest BCUT2D eigenvalue weighted by molar-refractivity contribution is 6.31. The Kier molecular flexibility index (Phi) is 5.09. The zero-order valence-corrected chi connectivity index (χ0v) is 16.3. The van der Waals surface area contributed by atoms with Crippen molar-refractivity contribution in [3.8, 4) is 11.3 Å². The second-order valence-electron chi connectivity index (χ2n) is 6.92. The van der Waals surface area contributed by atoms with Crippen molar-refractivity contribution < 1.29 is 0 Å². The van der Waals surface area contributed by atoms with Gasteiger partial charge in [0.05, 0.1) is 6.20 Å². The molecule has 1 aromatic carbocycles. The lowest BCUT2D eigenvalue weighted by Gasteiger charge is -2.38. The van der Waals surface area contributed by atoms with Gasteiger partial charge in [-0.3, -0.25) is 15.0 Å². The Hall–Kier alpha value is -2.44.